The second-order valence-corrected chi connectivity index (χ2v) is 8.12. The average Bonchev–Trinajstić information content (AvgIpc) is 2.83. The van der Waals surface area contributed by atoms with Crippen molar-refractivity contribution >= 4 is 23.7 Å². The predicted molar refractivity (Wildman–Crippen MR) is 119 cm³/mol. The van der Waals surface area contributed by atoms with Gasteiger partial charge in [-0.2, -0.15) is 0 Å². The maximum Gasteiger partial charge on any atom is 0.337 e. The Balaban J connectivity index is 1.97. The van der Waals surface area contributed by atoms with Crippen molar-refractivity contribution in [2.24, 2.45) is 0 Å². The van der Waals surface area contributed by atoms with Gasteiger partial charge in [-0.1, -0.05) is 12.1 Å². The van der Waals surface area contributed by atoms with Crippen LogP contribution in [-0.2, 0) is 20.0 Å². The van der Waals surface area contributed by atoms with Crippen molar-refractivity contribution in [3.05, 3.63) is 93.0 Å². The maximum absolute atomic E-state index is 13.9. The third-order valence-corrected chi connectivity index (χ3v) is 5.98. The molecule has 0 saturated carbocycles. The molecule has 1 heterocycles. The summed E-state index contributed by atoms with van der Waals surface area (Å²) in [5, 5.41) is 10.4. The number of hydrogen-bond donors (Lipinski definition) is 1. The average molecular weight is 490 g/mol. The lowest BCUT2D eigenvalue weighted by atomic mass is 9.91. The summed E-state index contributed by atoms with van der Waals surface area (Å²) in [6.45, 7) is 0. The van der Waals surface area contributed by atoms with Crippen LogP contribution in [0.3, 0.4) is 0 Å². The maximum atomic E-state index is 13.9. The number of benzene rings is 2. The zero-order valence-corrected chi connectivity index (χ0v) is 19.0. The van der Waals surface area contributed by atoms with E-state index in [1.54, 1.807) is 0 Å². The van der Waals surface area contributed by atoms with Crippen molar-refractivity contribution in [3.8, 4) is 5.75 Å². The molecule has 178 valence electrons. The number of halogens is 2. The first-order valence-corrected chi connectivity index (χ1v) is 10.9. The lowest BCUT2D eigenvalue weighted by molar-refractivity contribution is -0.140. The van der Waals surface area contributed by atoms with Gasteiger partial charge in [-0.3, -0.25) is 9.59 Å². The monoisotopic (exact) mass is 490 g/mol. The molecule has 34 heavy (non-hydrogen) atoms. The van der Waals surface area contributed by atoms with E-state index in [0.717, 1.165) is 30.0 Å². The van der Waals surface area contributed by atoms with Crippen LogP contribution in [0.1, 0.15) is 39.8 Å². The molecular formula is C24H20F2O7S. The van der Waals surface area contributed by atoms with Gasteiger partial charge in [-0.25, -0.2) is 13.6 Å². The molecule has 10 heteroatoms. The Labute approximate surface area is 197 Å². The van der Waals surface area contributed by atoms with Gasteiger partial charge in [0.2, 0.25) is 11.2 Å². The minimum absolute atomic E-state index is 0.00268. The van der Waals surface area contributed by atoms with E-state index in [2.05, 4.69) is 4.74 Å². The zero-order valence-electron chi connectivity index (χ0n) is 18.2. The number of methoxy groups -OCH3 is 2. The first-order chi connectivity index (χ1) is 16.2. The van der Waals surface area contributed by atoms with E-state index >= 15 is 0 Å². The molecule has 1 aromatic heterocycles. The van der Waals surface area contributed by atoms with Gasteiger partial charge >= 0.3 is 11.9 Å². The van der Waals surface area contributed by atoms with E-state index in [-0.39, 0.29) is 34.2 Å². The van der Waals surface area contributed by atoms with Gasteiger partial charge in [-0.05, 0) is 29.8 Å². The molecule has 1 unspecified atom stereocenters. The van der Waals surface area contributed by atoms with Crippen LogP contribution in [0.25, 0.3) is 0 Å². The minimum Gasteiger partial charge on any atom is -0.502 e. The second kappa shape index (κ2) is 11.0. The van der Waals surface area contributed by atoms with Crippen molar-refractivity contribution in [2.75, 3.05) is 14.2 Å². The lowest BCUT2D eigenvalue weighted by Crippen LogP contribution is -2.14. The van der Waals surface area contributed by atoms with E-state index in [0.29, 0.717) is 5.56 Å². The molecule has 3 rings (SSSR count). The van der Waals surface area contributed by atoms with E-state index in [1.807, 2.05) is 0 Å². The van der Waals surface area contributed by atoms with Gasteiger partial charge in [0.05, 0.1) is 37.9 Å². The molecule has 0 amide bonds. The van der Waals surface area contributed by atoms with E-state index in [9.17, 15) is 28.3 Å². The van der Waals surface area contributed by atoms with E-state index in [1.165, 1.54) is 44.6 Å². The summed E-state index contributed by atoms with van der Waals surface area (Å²) >= 11 is 0.967. The molecule has 0 aliphatic carbocycles. The number of carbonyl (C=O) groups is 2. The summed E-state index contributed by atoms with van der Waals surface area (Å²) in [7, 11) is 2.43. The first-order valence-electron chi connectivity index (χ1n) is 9.92. The molecule has 0 bridgehead atoms. The molecule has 0 radical (unpaired) electrons. The van der Waals surface area contributed by atoms with Gasteiger partial charge < -0.3 is 19.0 Å². The molecule has 2 aromatic carbocycles. The number of carbonyl (C=O) groups excluding carboxylic acids is 2. The normalized spacial score (nSPS) is 11.6. The molecular weight excluding hydrogens is 470 g/mol. The van der Waals surface area contributed by atoms with Crippen molar-refractivity contribution in [1.29, 1.82) is 0 Å². The Morgan fingerprint density at radius 2 is 1.76 bits per heavy atom. The number of esters is 2. The lowest BCUT2D eigenvalue weighted by Gasteiger charge is -2.18. The smallest absolute Gasteiger partial charge is 0.337 e. The summed E-state index contributed by atoms with van der Waals surface area (Å²) < 4.78 is 42.3. The highest BCUT2D eigenvalue weighted by Gasteiger charge is 2.27. The fraction of sp³-hybridized carbons (Fsp3) is 0.208. The molecule has 1 atom stereocenters. The predicted octanol–water partition coefficient (Wildman–Crippen LogP) is 4.40. The van der Waals surface area contributed by atoms with Crippen LogP contribution < -0.4 is 5.43 Å². The highest BCUT2D eigenvalue weighted by atomic mass is 32.2. The number of ether oxygens (including phenoxy) is 2. The van der Waals surface area contributed by atoms with Gasteiger partial charge in [0.25, 0.3) is 0 Å². The van der Waals surface area contributed by atoms with Gasteiger partial charge in [-0.15, -0.1) is 11.8 Å². The van der Waals surface area contributed by atoms with Crippen LogP contribution in [0, 0.1) is 11.6 Å². The highest BCUT2D eigenvalue weighted by Crippen LogP contribution is 2.35. The fourth-order valence-electron chi connectivity index (χ4n) is 3.18. The number of thioether (sulfide) groups is 1. The number of rotatable bonds is 8. The van der Waals surface area contributed by atoms with Gasteiger partial charge in [0.15, 0.2) is 5.76 Å². The molecule has 0 saturated heterocycles. The first kappa shape index (κ1) is 25.0. The SMILES string of the molecule is COC(=O)CC(c1ccc(C(=O)OC)cc1)c1oc(CSc2ccc(F)cc2F)cc(=O)c1O. The Kier molecular flexibility index (Phi) is 8.06. The topological polar surface area (TPSA) is 103 Å². The standard InChI is InChI=1S/C24H20F2O7S/c1-31-21(28)11-17(13-3-5-14(6-4-13)24(30)32-2)23-22(29)19(27)10-16(33-23)12-34-20-8-7-15(25)9-18(20)26/h3-10,17,29H,11-12H2,1-2H3. The fourth-order valence-corrected chi connectivity index (χ4v) is 3.99. The molecule has 3 aromatic rings. The largest absolute Gasteiger partial charge is 0.502 e. The van der Waals surface area contributed by atoms with Crippen molar-refractivity contribution in [2.45, 2.75) is 23.0 Å². The second-order valence-electron chi connectivity index (χ2n) is 7.10. The van der Waals surface area contributed by atoms with Crippen molar-refractivity contribution < 1.29 is 37.4 Å². The van der Waals surface area contributed by atoms with Crippen LogP contribution in [0.4, 0.5) is 8.78 Å². The van der Waals surface area contributed by atoms with Crippen LogP contribution >= 0.6 is 11.8 Å². The molecule has 7 nitrogen and oxygen atoms in total. The summed E-state index contributed by atoms with van der Waals surface area (Å²) in [6.07, 6.45) is -0.270. The third-order valence-electron chi connectivity index (χ3n) is 4.91. The minimum atomic E-state index is -0.917. The number of aromatic hydroxyl groups is 1. The summed E-state index contributed by atoms with van der Waals surface area (Å²) in [5.74, 6) is -4.35. The van der Waals surface area contributed by atoms with Crippen LogP contribution in [0.2, 0.25) is 0 Å². The Morgan fingerprint density at radius 3 is 2.38 bits per heavy atom. The van der Waals surface area contributed by atoms with Gasteiger partial charge in [0, 0.05) is 17.0 Å². The van der Waals surface area contributed by atoms with Crippen LogP contribution in [0.15, 0.2) is 62.6 Å². The molecule has 0 fully saturated rings. The van der Waals surface area contributed by atoms with E-state index in [4.69, 9.17) is 9.15 Å². The van der Waals surface area contributed by atoms with E-state index < -0.39 is 40.7 Å². The van der Waals surface area contributed by atoms with Crippen molar-refractivity contribution in [1.82, 2.24) is 0 Å². The highest BCUT2D eigenvalue weighted by molar-refractivity contribution is 7.98. The zero-order chi connectivity index (χ0) is 24.8. The third kappa shape index (κ3) is 5.82. The summed E-state index contributed by atoms with van der Waals surface area (Å²) in [5.41, 5.74) is -0.0245. The molecule has 0 spiro atoms. The molecule has 0 aliphatic heterocycles. The quantitative estimate of drug-likeness (QED) is 0.366. The Hall–Kier alpha value is -3.66. The Bertz CT molecular complexity index is 1260. The number of hydrogen-bond acceptors (Lipinski definition) is 8. The van der Waals surface area contributed by atoms with Crippen LogP contribution in [0.5, 0.6) is 5.75 Å². The van der Waals surface area contributed by atoms with Crippen LogP contribution in [-0.4, -0.2) is 31.3 Å². The summed E-state index contributed by atoms with van der Waals surface area (Å²) in [6, 6.07) is 10.2. The summed E-state index contributed by atoms with van der Waals surface area (Å²) in [4.78, 5) is 36.4. The van der Waals surface area contributed by atoms with Crippen molar-refractivity contribution in [3.63, 3.8) is 0 Å². The molecule has 1 N–H and O–H groups in total. The Morgan fingerprint density at radius 1 is 1.06 bits per heavy atom. The molecule has 0 aliphatic rings. The van der Waals surface area contributed by atoms with Gasteiger partial charge in [0.1, 0.15) is 17.4 Å².